The monoisotopic (exact) mass is 391 g/mol. The third-order valence-electron chi connectivity index (χ3n) is 2.82. The summed E-state index contributed by atoms with van der Waals surface area (Å²) < 4.78 is 11.2. The third-order valence-corrected chi connectivity index (χ3v) is 5.29. The lowest BCUT2D eigenvalue weighted by Crippen LogP contribution is -2.55. The highest BCUT2D eigenvalue weighted by atomic mass is 79.9. The number of nitrogens with one attached hydrogen (secondary N) is 1. The largest absolute Gasteiger partial charge is 0.485 e. The molecule has 0 fully saturated rings. The van der Waals surface area contributed by atoms with Crippen LogP contribution in [-0.2, 0) is 4.79 Å². The number of benzene rings is 1. The summed E-state index contributed by atoms with van der Waals surface area (Å²) in [5, 5.41) is 4.26. The lowest BCUT2D eigenvalue weighted by Gasteiger charge is -2.31. The Morgan fingerprint density at radius 3 is 2.63 bits per heavy atom. The molecule has 1 aliphatic heterocycles. The number of fused-ring (bicyclic) bond motifs is 1. The first-order valence-electron chi connectivity index (χ1n) is 5.90. The number of halogens is 2. The van der Waals surface area contributed by atoms with E-state index in [1.54, 1.807) is 6.07 Å². The number of rotatable bonds is 4. The number of para-hydroxylation sites is 2. The molecule has 19 heavy (non-hydrogen) atoms. The maximum absolute atomic E-state index is 12.2. The molecule has 1 N–H and O–H groups in total. The first kappa shape index (κ1) is 14.7. The standard InChI is InChI=1S/C13H15Br2NO3/c1-13(7-14,8-15)16-12(17)11-6-18-9-4-2-3-5-10(9)19-11/h2-5,11H,6-8H2,1H3,(H,16,17). The molecule has 1 aromatic carbocycles. The van der Waals surface area contributed by atoms with Crippen LogP contribution >= 0.6 is 31.9 Å². The van der Waals surface area contributed by atoms with Crippen LogP contribution in [0.5, 0.6) is 11.5 Å². The molecule has 0 aliphatic carbocycles. The summed E-state index contributed by atoms with van der Waals surface area (Å²) in [6.45, 7) is 2.18. The van der Waals surface area contributed by atoms with Crippen molar-refractivity contribution in [2.45, 2.75) is 18.6 Å². The van der Waals surface area contributed by atoms with E-state index in [0.717, 1.165) is 0 Å². The fourth-order valence-corrected chi connectivity index (χ4v) is 2.84. The van der Waals surface area contributed by atoms with Crippen LogP contribution in [0.25, 0.3) is 0 Å². The molecule has 1 unspecified atom stereocenters. The van der Waals surface area contributed by atoms with E-state index in [4.69, 9.17) is 9.47 Å². The van der Waals surface area contributed by atoms with Crippen molar-refractivity contribution in [2.75, 3.05) is 17.3 Å². The summed E-state index contributed by atoms with van der Waals surface area (Å²) in [4.78, 5) is 12.2. The van der Waals surface area contributed by atoms with Gasteiger partial charge in [-0.1, -0.05) is 44.0 Å². The molecule has 1 atom stereocenters. The summed E-state index contributed by atoms with van der Waals surface area (Å²) >= 11 is 6.79. The van der Waals surface area contributed by atoms with Crippen LogP contribution in [0, 0.1) is 0 Å². The predicted molar refractivity (Wildman–Crippen MR) is 80.5 cm³/mol. The lowest BCUT2D eigenvalue weighted by molar-refractivity contribution is -0.131. The Balaban J connectivity index is 2.03. The fraction of sp³-hybridized carbons (Fsp3) is 0.462. The second-order valence-electron chi connectivity index (χ2n) is 4.68. The Morgan fingerprint density at radius 1 is 1.37 bits per heavy atom. The Bertz CT molecular complexity index is 463. The van der Waals surface area contributed by atoms with E-state index in [0.29, 0.717) is 22.2 Å². The zero-order chi connectivity index (χ0) is 13.9. The van der Waals surface area contributed by atoms with Crippen LogP contribution in [0.3, 0.4) is 0 Å². The Labute approximate surface area is 129 Å². The third kappa shape index (κ3) is 3.42. The van der Waals surface area contributed by atoms with E-state index in [-0.39, 0.29) is 18.1 Å². The highest BCUT2D eigenvalue weighted by molar-refractivity contribution is 9.09. The molecule has 104 valence electrons. The van der Waals surface area contributed by atoms with Gasteiger partial charge in [-0.3, -0.25) is 4.79 Å². The topological polar surface area (TPSA) is 47.6 Å². The number of alkyl halides is 2. The highest BCUT2D eigenvalue weighted by Crippen LogP contribution is 2.31. The zero-order valence-electron chi connectivity index (χ0n) is 10.5. The van der Waals surface area contributed by atoms with Gasteiger partial charge in [0, 0.05) is 10.7 Å². The average Bonchev–Trinajstić information content (AvgIpc) is 2.46. The van der Waals surface area contributed by atoms with Crippen LogP contribution in [0.15, 0.2) is 24.3 Å². The number of carbonyl (C=O) groups excluding carboxylic acids is 1. The molecule has 0 spiro atoms. The zero-order valence-corrected chi connectivity index (χ0v) is 13.7. The number of hydrogen-bond acceptors (Lipinski definition) is 3. The van der Waals surface area contributed by atoms with E-state index in [1.807, 2.05) is 25.1 Å². The van der Waals surface area contributed by atoms with Gasteiger partial charge in [-0.25, -0.2) is 0 Å². The van der Waals surface area contributed by atoms with Gasteiger partial charge in [-0.15, -0.1) is 0 Å². The van der Waals surface area contributed by atoms with Gasteiger partial charge in [0.25, 0.3) is 5.91 Å². The van der Waals surface area contributed by atoms with Gasteiger partial charge in [-0.05, 0) is 19.1 Å². The summed E-state index contributed by atoms with van der Waals surface area (Å²) in [5.41, 5.74) is -0.350. The molecule has 0 bridgehead atoms. The number of ether oxygens (including phenoxy) is 2. The van der Waals surface area contributed by atoms with E-state index in [9.17, 15) is 4.79 Å². The van der Waals surface area contributed by atoms with Crippen molar-refractivity contribution >= 4 is 37.8 Å². The molecular formula is C13H15Br2NO3. The fourth-order valence-electron chi connectivity index (χ4n) is 1.63. The minimum absolute atomic E-state index is 0.170. The molecule has 1 heterocycles. The van der Waals surface area contributed by atoms with Gasteiger partial charge >= 0.3 is 0 Å². The van der Waals surface area contributed by atoms with Gasteiger partial charge < -0.3 is 14.8 Å². The Hall–Kier alpha value is -0.750. The molecule has 4 nitrogen and oxygen atoms in total. The summed E-state index contributed by atoms with van der Waals surface area (Å²) in [6, 6.07) is 7.34. The lowest BCUT2D eigenvalue weighted by atomic mass is 10.1. The first-order chi connectivity index (χ1) is 9.08. The molecule has 0 saturated carbocycles. The van der Waals surface area contributed by atoms with Crippen molar-refractivity contribution in [3.05, 3.63) is 24.3 Å². The quantitative estimate of drug-likeness (QED) is 0.800. The Morgan fingerprint density at radius 2 is 2.00 bits per heavy atom. The van der Waals surface area contributed by atoms with Crippen LogP contribution < -0.4 is 14.8 Å². The Kier molecular flexibility index (Phi) is 4.73. The SMILES string of the molecule is CC(CBr)(CBr)NC(=O)C1COc2ccccc2O1. The van der Waals surface area contributed by atoms with Gasteiger partial charge in [0.1, 0.15) is 6.61 Å². The minimum Gasteiger partial charge on any atom is -0.485 e. The van der Waals surface area contributed by atoms with Crippen molar-refractivity contribution < 1.29 is 14.3 Å². The molecular weight excluding hydrogens is 378 g/mol. The van der Waals surface area contributed by atoms with Crippen molar-refractivity contribution in [3.63, 3.8) is 0 Å². The highest BCUT2D eigenvalue weighted by Gasteiger charge is 2.32. The second-order valence-corrected chi connectivity index (χ2v) is 5.80. The molecule has 1 aliphatic rings. The van der Waals surface area contributed by atoms with Gasteiger partial charge in [0.2, 0.25) is 6.10 Å². The van der Waals surface area contributed by atoms with Crippen molar-refractivity contribution in [1.82, 2.24) is 5.32 Å². The molecule has 1 aromatic rings. The number of amides is 1. The van der Waals surface area contributed by atoms with E-state index in [2.05, 4.69) is 37.2 Å². The maximum Gasteiger partial charge on any atom is 0.265 e. The van der Waals surface area contributed by atoms with Gasteiger partial charge in [0.15, 0.2) is 11.5 Å². The summed E-state index contributed by atoms with van der Waals surface area (Å²) in [5.74, 6) is 1.11. The van der Waals surface area contributed by atoms with Crippen LogP contribution in [0.1, 0.15) is 6.92 Å². The maximum atomic E-state index is 12.2. The van der Waals surface area contributed by atoms with Crippen molar-refractivity contribution in [3.8, 4) is 11.5 Å². The molecule has 6 heteroatoms. The van der Waals surface area contributed by atoms with E-state index < -0.39 is 6.10 Å². The molecule has 1 amide bonds. The molecule has 0 aromatic heterocycles. The van der Waals surface area contributed by atoms with Gasteiger partial charge in [0.05, 0.1) is 5.54 Å². The van der Waals surface area contributed by atoms with E-state index >= 15 is 0 Å². The first-order valence-corrected chi connectivity index (χ1v) is 8.15. The minimum atomic E-state index is -0.618. The smallest absolute Gasteiger partial charge is 0.265 e. The molecule has 0 radical (unpaired) electrons. The van der Waals surface area contributed by atoms with Crippen molar-refractivity contribution in [1.29, 1.82) is 0 Å². The van der Waals surface area contributed by atoms with E-state index in [1.165, 1.54) is 0 Å². The van der Waals surface area contributed by atoms with Gasteiger partial charge in [-0.2, -0.15) is 0 Å². The van der Waals surface area contributed by atoms with Crippen LogP contribution in [0.4, 0.5) is 0 Å². The number of hydrogen-bond donors (Lipinski definition) is 1. The van der Waals surface area contributed by atoms with Crippen LogP contribution in [-0.4, -0.2) is 34.8 Å². The molecule has 2 rings (SSSR count). The van der Waals surface area contributed by atoms with Crippen molar-refractivity contribution in [2.24, 2.45) is 0 Å². The second kappa shape index (κ2) is 6.13. The summed E-state index contributed by atoms with van der Waals surface area (Å²) in [7, 11) is 0. The average molecular weight is 393 g/mol. The summed E-state index contributed by atoms with van der Waals surface area (Å²) in [6.07, 6.45) is -0.618. The van der Waals surface area contributed by atoms with Crippen LogP contribution in [0.2, 0.25) is 0 Å². The normalized spacial score (nSPS) is 17.9. The molecule has 0 saturated heterocycles. The number of carbonyl (C=O) groups is 1. The predicted octanol–water partition coefficient (Wildman–Crippen LogP) is 2.49.